The molecule has 114 valence electrons. The van der Waals surface area contributed by atoms with E-state index >= 15 is 0 Å². The fourth-order valence-electron chi connectivity index (χ4n) is 2.96. The number of aromatic amines is 1. The zero-order valence-corrected chi connectivity index (χ0v) is 14.1. The molecule has 0 fully saturated rings. The van der Waals surface area contributed by atoms with E-state index in [1.165, 1.54) is 37.5 Å². The summed E-state index contributed by atoms with van der Waals surface area (Å²) in [5.74, 6) is 0. The molecule has 1 aliphatic heterocycles. The number of nitrogens with one attached hydrogen (secondary N) is 2. The molecule has 4 heteroatoms. The first-order valence-electron chi connectivity index (χ1n) is 7.39. The summed E-state index contributed by atoms with van der Waals surface area (Å²) in [6.07, 6.45) is 1.10. The summed E-state index contributed by atoms with van der Waals surface area (Å²) in [5, 5.41) is 4.84. The average molecular weight is 331 g/mol. The molecule has 3 aromatic rings. The number of hydrogen-bond acceptors (Lipinski definition) is 2. The summed E-state index contributed by atoms with van der Waals surface area (Å²) in [7, 11) is 0. The van der Waals surface area contributed by atoms with Crippen molar-refractivity contribution in [2.45, 2.75) is 29.7 Å². The lowest BCUT2D eigenvalue weighted by atomic mass is 10.1. The van der Waals surface area contributed by atoms with Crippen molar-refractivity contribution in [2.24, 2.45) is 0 Å². The summed E-state index contributed by atoms with van der Waals surface area (Å²) >= 11 is 1.84. The van der Waals surface area contributed by atoms with Crippen LogP contribution in [0.15, 0.2) is 52.3 Å². The molecule has 1 aliphatic rings. The van der Waals surface area contributed by atoms with Crippen LogP contribution in [0.3, 0.4) is 0 Å². The molecule has 2 N–H and O–H groups in total. The highest BCUT2D eigenvalue weighted by Crippen LogP contribution is 2.36. The van der Waals surface area contributed by atoms with Crippen LogP contribution in [-0.2, 0) is 13.0 Å². The summed E-state index contributed by atoms with van der Waals surface area (Å²) in [4.78, 5) is 6.26. The number of rotatable bonds is 2. The van der Waals surface area contributed by atoms with Crippen molar-refractivity contribution in [3.05, 3.63) is 59.3 Å². The molecule has 2 aromatic carbocycles. The number of aryl methyl sites for hydroxylation is 1. The van der Waals surface area contributed by atoms with Gasteiger partial charge in [0.2, 0.25) is 0 Å². The van der Waals surface area contributed by atoms with Crippen molar-refractivity contribution in [1.29, 1.82) is 0 Å². The van der Waals surface area contributed by atoms with Gasteiger partial charge in [-0.25, -0.2) is 0 Å². The van der Waals surface area contributed by atoms with E-state index in [1.807, 2.05) is 11.8 Å². The smallest absolute Gasteiger partial charge is 0.0601 e. The topological polar surface area (TPSA) is 27.8 Å². The van der Waals surface area contributed by atoms with E-state index in [-0.39, 0.29) is 12.4 Å². The van der Waals surface area contributed by atoms with Crippen LogP contribution in [0.25, 0.3) is 10.9 Å². The van der Waals surface area contributed by atoms with Crippen LogP contribution in [0, 0.1) is 6.92 Å². The van der Waals surface area contributed by atoms with Crippen LogP contribution >= 0.6 is 24.2 Å². The minimum Gasteiger partial charge on any atom is -0.357 e. The lowest BCUT2D eigenvalue weighted by molar-refractivity contribution is 0.641. The molecule has 0 radical (unpaired) electrons. The highest BCUT2D eigenvalue weighted by atomic mass is 35.5. The lowest BCUT2D eigenvalue weighted by Crippen LogP contribution is -2.22. The minimum atomic E-state index is 0. The van der Waals surface area contributed by atoms with Gasteiger partial charge in [-0.2, -0.15) is 0 Å². The third-order valence-electron chi connectivity index (χ3n) is 4.09. The Morgan fingerprint density at radius 2 is 1.86 bits per heavy atom. The van der Waals surface area contributed by atoms with Crippen molar-refractivity contribution in [3.8, 4) is 0 Å². The second-order valence-electron chi connectivity index (χ2n) is 5.60. The predicted molar refractivity (Wildman–Crippen MR) is 96.3 cm³/mol. The quantitative estimate of drug-likeness (QED) is 0.713. The molecular weight excluding hydrogens is 312 g/mol. The number of para-hydroxylation sites is 1. The van der Waals surface area contributed by atoms with Crippen molar-refractivity contribution < 1.29 is 0 Å². The Bertz CT molecular complexity index is 793. The van der Waals surface area contributed by atoms with Gasteiger partial charge in [-0.15, -0.1) is 12.4 Å². The first-order chi connectivity index (χ1) is 10.3. The molecule has 0 saturated carbocycles. The van der Waals surface area contributed by atoms with Gasteiger partial charge in [-0.3, -0.25) is 0 Å². The molecule has 2 nitrogen and oxygen atoms in total. The van der Waals surface area contributed by atoms with Crippen molar-refractivity contribution in [2.75, 3.05) is 6.54 Å². The van der Waals surface area contributed by atoms with Crippen molar-refractivity contribution in [3.63, 3.8) is 0 Å². The predicted octanol–water partition coefficient (Wildman–Crippen LogP) is 4.70. The number of benzene rings is 2. The Morgan fingerprint density at radius 1 is 1.05 bits per heavy atom. The van der Waals surface area contributed by atoms with Crippen molar-refractivity contribution in [1.82, 2.24) is 10.3 Å². The first kappa shape index (κ1) is 15.5. The van der Waals surface area contributed by atoms with E-state index in [9.17, 15) is 0 Å². The molecular formula is C18H19ClN2S. The van der Waals surface area contributed by atoms with Crippen LogP contribution < -0.4 is 5.32 Å². The molecule has 0 spiro atoms. The van der Waals surface area contributed by atoms with Gasteiger partial charge in [0.25, 0.3) is 0 Å². The zero-order chi connectivity index (χ0) is 14.2. The van der Waals surface area contributed by atoms with Gasteiger partial charge in [-0.1, -0.05) is 41.6 Å². The lowest BCUT2D eigenvalue weighted by Gasteiger charge is -2.12. The maximum atomic E-state index is 3.66. The fourth-order valence-corrected chi connectivity index (χ4v) is 3.90. The van der Waals surface area contributed by atoms with Gasteiger partial charge in [0.1, 0.15) is 0 Å². The van der Waals surface area contributed by atoms with Crippen molar-refractivity contribution >= 4 is 35.1 Å². The van der Waals surface area contributed by atoms with E-state index in [0.29, 0.717) is 0 Å². The maximum Gasteiger partial charge on any atom is 0.0601 e. The zero-order valence-electron chi connectivity index (χ0n) is 12.5. The molecule has 0 aliphatic carbocycles. The highest BCUT2D eigenvalue weighted by Gasteiger charge is 2.16. The van der Waals surface area contributed by atoms with Crippen LogP contribution in [0.5, 0.6) is 0 Å². The Balaban J connectivity index is 0.00000144. The van der Waals surface area contributed by atoms with E-state index in [0.717, 1.165) is 19.5 Å². The molecule has 1 aromatic heterocycles. The van der Waals surface area contributed by atoms with Crippen LogP contribution in [0.4, 0.5) is 0 Å². The second kappa shape index (κ2) is 6.37. The molecule has 0 saturated heterocycles. The number of halogens is 1. The van der Waals surface area contributed by atoms with Gasteiger partial charge in [0, 0.05) is 40.4 Å². The highest BCUT2D eigenvalue weighted by molar-refractivity contribution is 7.99. The summed E-state index contributed by atoms with van der Waals surface area (Å²) in [6.45, 7) is 4.18. The number of aromatic nitrogens is 1. The number of fused-ring (bicyclic) bond motifs is 3. The third kappa shape index (κ3) is 2.76. The van der Waals surface area contributed by atoms with Gasteiger partial charge >= 0.3 is 0 Å². The molecule has 2 heterocycles. The summed E-state index contributed by atoms with van der Waals surface area (Å²) < 4.78 is 0. The summed E-state index contributed by atoms with van der Waals surface area (Å²) in [6, 6.07) is 15.4. The molecule has 0 bridgehead atoms. The fraction of sp³-hybridized carbons (Fsp3) is 0.222. The SMILES string of the molecule is Cc1ccc(Sc2cccc3c4c([nH]c23)CCNC4)cc1.Cl. The second-order valence-corrected chi connectivity index (χ2v) is 6.72. The van der Waals surface area contributed by atoms with Gasteiger partial charge in [0.15, 0.2) is 0 Å². The van der Waals surface area contributed by atoms with Crippen LogP contribution in [0.2, 0.25) is 0 Å². The first-order valence-corrected chi connectivity index (χ1v) is 8.20. The van der Waals surface area contributed by atoms with Crippen LogP contribution in [-0.4, -0.2) is 11.5 Å². The molecule has 0 amide bonds. The van der Waals surface area contributed by atoms with E-state index in [1.54, 1.807) is 0 Å². The summed E-state index contributed by atoms with van der Waals surface area (Å²) in [5.41, 5.74) is 5.44. The maximum absolute atomic E-state index is 3.66. The van der Waals surface area contributed by atoms with Gasteiger partial charge in [-0.05, 0) is 30.7 Å². The van der Waals surface area contributed by atoms with E-state index < -0.39 is 0 Å². The molecule has 0 unspecified atom stereocenters. The number of hydrogen-bond donors (Lipinski definition) is 2. The molecule has 0 atom stereocenters. The number of H-pyrrole nitrogens is 1. The van der Waals surface area contributed by atoms with Gasteiger partial charge in [0.05, 0.1) is 5.52 Å². The Kier molecular flexibility index (Phi) is 4.48. The monoisotopic (exact) mass is 330 g/mol. The standard InChI is InChI=1S/C18H18N2S.ClH/c1-12-5-7-13(8-6-12)21-17-4-2-3-14-15-11-19-10-9-16(15)20-18(14)17;/h2-8,19-20H,9-11H2,1H3;1H. The van der Waals surface area contributed by atoms with Crippen LogP contribution in [0.1, 0.15) is 16.8 Å². The van der Waals surface area contributed by atoms with E-state index in [2.05, 4.69) is 59.7 Å². The Hall–Kier alpha value is -1.42. The Labute approximate surface area is 141 Å². The minimum absolute atomic E-state index is 0. The molecule has 4 rings (SSSR count). The largest absolute Gasteiger partial charge is 0.357 e. The Morgan fingerprint density at radius 3 is 2.68 bits per heavy atom. The molecule has 22 heavy (non-hydrogen) atoms. The average Bonchev–Trinajstić information content (AvgIpc) is 2.89. The van der Waals surface area contributed by atoms with E-state index in [4.69, 9.17) is 0 Å². The third-order valence-corrected chi connectivity index (χ3v) is 5.16. The normalized spacial score (nSPS) is 13.7. The van der Waals surface area contributed by atoms with Gasteiger partial charge < -0.3 is 10.3 Å².